The molecule has 0 aliphatic heterocycles. The summed E-state index contributed by atoms with van der Waals surface area (Å²) >= 11 is 0.990. The molecule has 6 nitrogen and oxygen atoms in total. The molecule has 0 saturated heterocycles. The van der Waals surface area contributed by atoms with Crippen LogP contribution < -0.4 is 20.1 Å². The number of hydrogen-bond donors (Lipinski definition) is 2. The molecular weight excluding hydrogens is 405 g/mol. The van der Waals surface area contributed by atoms with Crippen LogP contribution in [-0.2, 0) is 12.6 Å². The number of aromatic nitrogens is 1. The molecule has 0 fully saturated rings. The lowest BCUT2D eigenvalue weighted by Gasteiger charge is -2.20. The van der Waals surface area contributed by atoms with Crippen molar-refractivity contribution in [2.24, 2.45) is 4.99 Å². The number of alkyl halides is 3. The van der Waals surface area contributed by atoms with E-state index < -0.39 is 11.9 Å². The van der Waals surface area contributed by atoms with Gasteiger partial charge in [0.1, 0.15) is 11.5 Å². The first-order chi connectivity index (χ1) is 13.8. The number of aliphatic imine (C=N–C) groups is 1. The second kappa shape index (κ2) is 10.3. The fourth-order valence-corrected chi connectivity index (χ4v) is 3.39. The van der Waals surface area contributed by atoms with Crippen molar-refractivity contribution in [3.63, 3.8) is 0 Å². The Morgan fingerprint density at radius 2 is 2.03 bits per heavy atom. The van der Waals surface area contributed by atoms with Crippen LogP contribution in [0.3, 0.4) is 0 Å². The lowest BCUT2D eigenvalue weighted by Crippen LogP contribution is -2.39. The quantitative estimate of drug-likeness (QED) is 0.489. The SMILES string of the molecule is CCNC(=NCCc1nc(C(F)(F)F)cs1)NC(C)c1cc(OC)ccc1OC. The number of benzene rings is 1. The van der Waals surface area contributed by atoms with Crippen LogP contribution in [0.5, 0.6) is 11.5 Å². The summed E-state index contributed by atoms with van der Waals surface area (Å²) in [4.78, 5) is 8.08. The van der Waals surface area contributed by atoms with Gasteiger partial charge < -0.3 is 20.1 Å². The van der Waals surface area contributed by atoms with Crippen molar-refractivity contribution >= 4 is 17.3 Å². The van der Waals surface area contributed by atoms with Gasteiger partial charge in [0.05, 0.1) is 25.3 Å². The fourth-order valence-electron chi connectivity index (χ4n) is 2.60. The van der Waals surface area contributed by atoms with Crippen LogP contribution >= 0.6 is 11.3 Å². The van der Waals surface area contributed by atoms with Crippen molar-refractivity contribution in [3.8, 4) is 11.5 Å². The van der Waals surface area contributed by atoms with Crippen molar-refractivity contribution < 1.29 is 22.6 Å². The van der Waals surface area contributed by atoms with Crippen molar-refractivity contribution in [2.45, 2.75) is 32.5 Å². The van der Waals surface area contributed by atoms with Crippen LogP contribution in [0.2, 0.25) is 0 Å². The van der Waals surface area contributed by atoms with E-state index in [1.165, 1.54) is 0 Å². The van der Waals surface area contributed by atoms with E-state index in [0.29, 0.717) is 42.0 Å². The zero-order chi connectivity index (χ0) is 21.4. The Bertz CT molecular complexity index is 824. The van der Waals surface area contributed by atoms with Gasteiger partial charge in [-0.2, -0.15) is 13.2 Å². The molecule has 1 aromatic heterocycles. The molecule has 1 heterocycles. The number of rotatable bonds is 8. The van der Waals surface area contributed by atoms with Crippen LogP contribution in [0.25, 0.3) is 0 Å². The maximum atomic E-state index is 12.6. The van der Waals surface area contributed by atoms with Crippen molar-refractivity contribution in [2.75, 3.05) is 27.3 Å². The van der Waals surface area contributed by atoms with Crippen LogP contribution in [0.15, 0.2) is 28.6 Å². The van der Waals surface area contributed by atoms with E-state index in [0.717, 1.165) is 22.3 Å². The van der Waals surface area contributed by atoms with Gasteiger partial charge in [-0.15, -0.1) is 11.3 Å². The summed E-state index contributed by atoms with van der Waals surface area (Å²) < 4.78 is 48.7. The number of nitrogens with one attached hydrogen (secondary N) is 2. The Morgan fingerprint density at radius 1 is 1.28 bits per heavy atom. The summed E-state index contributed by atoms with van der Waals surface area (Å²) in [7, 11) is 3.19. The van der Waals surface area contributed by atoms with Gasteiger partial charge in [0.2, 0.25) is 0 Å². The standard InChI is InChI=1S/C19H25F3N4O2S/c1-5-23-18(24-9-8-17-26-16(11-29-17)19(20,21)22)25-12(2)14-10-13(27-3)6-7-15(14)28-4/h6-7,10-12H,5,8-9H2,1-4H3,(H2,23,24,25). The first-order valence-corrected chi connectivity index (χ1v) is 9.94. The average molecular weight is 430 g/mol. The molecule has 0 aliphatic carbocycles. The Morgan fingerprint density at radius 3 is 2.62 bits per heavy atom. The number of halogens is 3. The molecule has 0 bridgehead atoms. The molecule has 2 N–H and O–H groups in total. The van der Waals surface area contributed by atoms with Gasteiger partial charge in [-0.3, -0.25) is 4.99 Å². The summed E-state index contributed by atoms with van der Waals surface area (Å²) in [5, 5.41) is 7.85. The molecule has 0 amide bonds. The summed E-state index contributed by atoms with van der Waals surface area (Å²) in [5.74, 6) is 1.97. The molecule has 0 saturated carbocycles. The number of methoxy groups -OCH3 is 2. The highest BCUT2D eigenvalue weighted by Gasteiger charge is 2.33. The minimum Gasteiger partial charge on any atom is -0.497 e. The number of ether oxygens (including phenoxy) is 2. The normalized spacial score (nSPS) is 13.1. The van der Waals surface area contributed by atoms with E-state index >= 15 is 0 Å². The second-order valence-corrected chi connectivity index (χ2v) is 7.05. The summed E-state index contributed by atoms with van der Waals surface area (Å²) in [6, 6.07) is 5.39. The molecule has 0 aliphatic rings. The zero-order valence-corrected chi connectivity index (χ0v) is 17.6. The van der Waals surface area contributed by atoms with E-state index in [9.17, 15) is 13.2 Å². The summed E-state index contributed by atoms with van der Waals surface area (Å²) in [6.07, 6.45) is -4.09. The summed E-state index contributed by atoms with van der Waals surface area (Å²) in [5.41, 5.74) is 0.0393. The zero-order valence-electron chi connectivity index (χ0n) is 16.8. The molecule has 0 spiro atoms. The maximum absolute atomic E-state index is 12.6. The van der Waals surface area contributed by atoms with Crippen molar-refractivity contribution in [1.29, 1.82) is 0 Å². The van der Waals surface area contributed by atoms with Gasteiger partial charge in [0, 0.05) is 30.5 Å². The van der Waals surface area contributed by atoms with Crippen LogP contribution in [0, 0.1) is 0 Å². The van der Waals surface area contributed by atoms with Crippen molar-refractivity contribution in [1.82, 2.24) is 15.6 Å². The van der Waals surface area contributed by atoms with E-state index in [1.807, 2.05) is 32.0 Å². The Hall–Kier alpha value is -2.49. The highest BCUT2D eigenvalue weighted by atomic mass is 32.1. The summed E-state index contributed by atoms with van der Waals surface area (Å²) in [6.45, 7) is 4.84. The van der Waals surface area contributed by atoms with Crippen LogP contribution in [-0.4, -0.2) is 38.3 Å². The number of thiazole rings is 1. The average Bonchev–Trinajstić information content (AvgIpc) is 3.17. The predicted molar refractivity (Wildman–Crippen MR) is 108 cm³/mol. The second-order valence-electron chi connectivity index (χ2n) is 6.11. The van der Waals surface area contributed by atoms with Gasteiger partial charge in [-0.05, 0) is 32.0 Å². The van der Waals surface area contributed by atoms with Crippen LogP contribution in [0.4, 0.5) is 13.2 Å². The van der Waals surface area contributed by atoms with Gasteiger partial charge >= 0.3 is 6.18 Å². The Kier molecular flexibility index (Phi) is 8.12. The van der Waals surface area contributed by atoms with Crippen LogP contribution in [0.1, 0.15) is 36.2 Å². The first-order valence-electron chi connectivity index (χ1n) is 9.06. The molecule has 1 atom stereocenters. The lowest BCUT2D eigenvalue weighted by molar-refractivity contribution is -0.140. The number of nitrogens with zero attached hydrogens (tertiary/aromatic N) is 2. The van der Waals surface area contributed by atoms with Crippen molar-refractivity contribution in [3.05, 3.63) is 39.8 Å². The fraction of sp³-hybridized carbons (Fsp3) is 0.474. The number of hydrogen-bond acceptors (Lipinski definition) is 5. The predicted octanol–water partition coefficient (Wildman–Crippen LogP) is 4.04. The minimum atomic E-state index is -4.42. The Labute approximate surface area is 172 Å². The van der Waals surface area contributed by atoms with Gasteiger partial charge in [0.15, 0.2) is 11.7 Å². The molecule has 2 rings (SSSR count). The third kappa shape index (κ3) is 6.52. The molecule has 2 aromatic rings. The topological polar surface area (TPSA) is 67.8 Å². The van der Waals surface area contributed by atoms with E-state index in [-0.39, 0.29) is 6.04 Å². The third-order valence-corrected chi connectivity index (χ3v) is 4.95. The largest absolute Gasteiger partial charge is 0.497 e. The van der Waals surface area contributed by atoms with E-state index in [1.54, 1.807) is 14.2 Å². The molecule has 0 radical (unpaired) electrons. The monoisotopic (exact) mass is 430 g/mol. The maximum Gasteiger partial charge on any atom is 0.434 e. The highest BCUT2D eigenvalue weighted by Crippen LogP contribution is 2.30. The van der Waals surface area contributed by atoms with Gasteiger partial charge in [-0.25, -0.2) is 4.98 Å². The first kappa shape index (κ1) is 22.8. The third-order valence-electron chi connectivity index (χ3n) is 4.04. The lowest BCUT2D eigenvalue weighted by atomic mass is 10.1. The van der Waals surface area contributed by atoms with E-state index in [4.69, 9.17) is 9.47 Å². The molecule has 1 aromatic carbocycles. The molecule has 10 heteroatoms. The molecule has 1 unspecified atom stereocenters. The highest BCUT2D eigenvalue weighted by molar-refractivity contribution is 7.09. The smallest absolute Gasteiger partial charge is 0.434 e. The number of guanidine groups is 1. The molecule has 29 heavy (non-hydrogen) atoms. The van der Waals surface area contributed by atoms with Gasteiger partial charge in [-0.1, -0.05) is 0 Å². The Balaban J connectivity index is 2.06. The van der Waals surface area contributed by atoms with Gasteiger partial charge in [0.25, 0.3) is 0 Å². The van der Waals surface area contributed by atoms with E-state index in [2.05, 4.69) is 20.6 Å². The minimum absolute atomic E-state index is 0.144. The molecule has 160 valence electrons. The molecular formula is C19H25F3N4O2S.